The van der Waals surface area contributed by atoms with Gasteiger partial charge in [0, 0.05) is 25.6 Å². The van der Waals surface area contributed by atoms with Gasteiger partial charge < -0.3 is 9.64 Å². The largest absolute Gasteiger partial charge is 0.465 e. The second-order valence-electron chi connectivity index (χ2n) is 7.70. The van der Waals surface area contributed by atoms with Crippen LogP contribution < -0.4 is 0 Å². The van der Waals surface area contributed by atoms with Crippen molar-refractivity contribution in [3.8, 4) is 11.3 Å². The minimum Gasteiger partial charge on any atom is -0.465 e. The molecule has 8 heteroatoms. The summed E-state index contributed by atoms with van der Waals surface area (Å²) in [7, 11) is 3.41. The summed E-state index contributed by atoms with van der Waals surface area (Å²) in [4.78, 5) is 24.4. The molecule has 0 aliphatic heterocycles. The minimum atomic E-state index is -0.350. The summed E-state index contributed by atoms with van der Waals surface area (Å²) >= 11 is 1.40. The highest BCUT2D eigenvalue weighted by Crippen LogP contribution is 2.32. The van der Waals surface area contributed by atoms with E-state index in [1.54, 1.807) is 0 Å². The number of benzene rings is 2. The number of ether oxygens (including phenoxy) is 1. The van der Waals surface area contributed by atoms with Crippen LogP contribution in [-0.2, 0) is 11.2 Å². The van der Waals surface area contributed by atoms with E-state index in [4.69, 9.17) is 9.72 Å². The summed E-state index contributed by atoms with van der Waals surface area (Å²) < 4.78 is 5.01. The Bertz CT molecular complexity index is 1110. The molecule has 0 radical (unpaired) electrons. The molecule has 0 saturated carbocycles. The second-order valence-corrected chi connectivity index (χ2v) is 8.79. The first-order valence-electron chi connectivity index (χ1n) is 10.3. The Morgan fingerprint density at radius 1 is 1.12 bits per heavy atom. The molecule has 0 N–H and O–H groups in total. The van der Waals surface area contributed by atoms with E-state index in [9.17, 15) is 4.79 Å². The van der Waals surface area contributed by atoms with Gasteiger partial charge in [0.15, 0.2) is 0 Å². The summed E-state index contributed by atoms with van der Waals surface area (Å²) in [6, 6.07) is 12.3. The predicted octanol–water partition coefficient (Wildman–Crippen LogP) is 6.57. The van der Waals surface area contributed by atoms with Crippen LogP contribution in [0.5, 0.6) is 0 Å². The number of halogens is 2. The van der Waals surface area contributed by atoms with Gasteiger partial charge in [0.1, 0.15) is 4.88 Å². The quantitative estimate of drug-likeness (QED) is 0.206. The fourth-order valence-electron chi connectivity index (χ4n) is 3.17. The van der Waals surface area contributed by atoms with Gasteiger partial charge in [-0.3, -0.25) is 0 Å². The molecule has 0 amide bonds. The van der Waals surface area contributed by atoms with Crippen molar-refractivity contribution in [2.24, 2.45) is 4.99 Å². The molecule has 0 aliphatic carbocycles. The van der Waals surface area contributed by atoms with E-state index >= 15 is 0 Å². The molecule has 0 atom stereocenters. The Morgan fingerprint density at radius 3 is 2.39 bits per heavy atom. The molecule has 0 unspecified atom stereocenters. The molecular weight excluding hydrogens is 477 g/mol. The van der Waals surface area contributed by atoms with Crippen LogP contribution in [0.3, 0.4) is 0 Å². The summed E-state index contributed by atoms with van der Waals surface area (Å²) in [6.45, 7) is 9.20. The van der Waals surface area contributed by atoms with Gasteiger partial charge in [-0.25, -0.2) is 14.8 Å². The molecule has 0 spiro atoms. The Labute approximate surface area is 212 Å². The number of esters is 1. The highest BCUT2D eigenvalue weighted by molar-refractivity contribution is 7.14. The first kappa shape index (κ1) is 28.6. The number of nitrogens with zero attached hydrogens (tertiary/aromatic N) is 3. The molecule has 2 aromatic carbocycles. The van der Waals surface area contributed by atoms with Crippen LogP contribution >= 0.6 is 36.2 Å². The minimum absolute atomic E-state index is 0. The lowest BCUT2D eigenvalue weighted by Crippen LogP contribution is -2.14. The van der Waals surface area contributed by atoms with E-state index in [1.165, 1.54) is 24.0 Å². The number of rotatable bonds is 7. The Balaban J connectivity index is 0.00000272. The maximum absolute atomic E-state index is 12.4. The maximum Gasteiger partial charge on any atom is 0.350 e. The number of aromatic nitrogens is 1. The number of aryl methyl sites for hydroxylation is 3. The zero-order valence-electron chi connectivity index (χ0n) is 19.8. The normalized spacial score (nSPS) is 10.5. The standard InChI is InChI=1S/C25H29N3O2S.2ClH/c1-7-28(5)15-26-21-13-17(3)20(12-18(21)4)14-22-27-23(24(31-22)25(29)30-6)19-10-8-16(2)9-11-19;;/h8-13,15H,7,14H2,1-6H3;2*1H/b26-15+;;. The topological polar surface area (TPSA) is 54.8 Å². The van der Waals surface area contributed by atoms with Crippen LogP contribution in [0.4, 0.5) is 5.69 Å². The third-order valence-electron chi connectivity index (χ3n) is 5.26. The van der Waals surface area contributed by atoms with Gasteiger partial charge in [-0.1, -0.05) is 35.9 Å². The number of thiazole rings is 1. The molecule has 0 saturated heterocycles. The van der Waals surface area contributed by atoms with Crippen molar-refractivity contribution in [1.82, 2.24) is 9.88 Å². The Hall–Kier alpha value is -2.41. The zero-order valence-corrected chi connectivity index (χ0v) is 22.3. The molecular formula is C25H31Cl2N3O2S. The fourth-order valence-corrected chi connectivity index (χ4v) is 4.20. The van der Waals surface area contributed by atoms with Crippen molar-refractivity contribution in [2.75, 3.05) is 20.7 Å². The molecule has 0 aliphatic rings. The maximum atomic E-state index is 12.4. The van der Waals surface area contributed by atoms with E-state index < -0.39 is 0 Å². The average Bonchev–Trinajstić information content (AvgIpc) is 3.18. The van der Waals surface area contributed by atoms with Gasteiger partial charge >= 0.3 is 5.97 Å². The van der Waals surface area contributed by atoms with Gasteiger partial charge in [0.2, 0.25) is 0 Å². The average molecular weight is 509 g/mol. The third kappa shape index (κ3) is 7.03. The Morgan fingerprint density at radius 2 is 1.79 bits per heavy atom. The number of carbonyl (C=O) groups is 1. The zero-order chi connectivity index (χ0) is 22.5. The van der Waals surface area contributed by atoms with E-state index in [0.717, 1.165) is 39.5 Å². The van der Waals surface area contributed by atoms with E-state index in [-0.39, 0.29) is 30.8 Å². The molecule has 1 heterocycles. The molecule has 3 rings (SSSR count). The SMILES string of the molecule is CCN(C)/C=N/c1cc(C)c(Cc2nc(-c3ccc(C)cc3)c(C(=O)OC)s2)cc1C.Cl.Cl. The summed E-state index contributed by atoms with van der Waals surface area (Å²) in [6.07, 6.45) is 2.52. The van der Waals surface area contributed by atoms with E-state index in [0.29, 0.717) is 17.0 Å². The highest BCUT2D eigenvalue weighted by Gasteiger charge is 2.20. The van der Waals surface area contributed by atoms with Crippen LogP contribution in [-0.4, -0.2) is 42.9 Å². The summed E-state index contributed by atoms with van der Waals surface area (Å²) in [5, 5.41) is 0.889. The lowest BCUT2D eigenvalue weighted by molar-refractivity contribution is 0.0607. The van der Waals surface area contributed by atoms with Crippen LogP contribution in [0.25, 0.3) is 11.3 Å². The first-order chi connectivity index (χ1) is 14.8. The van der Waals surface area contributed by atoms with Gasteiger partial charge in [-0.15, -0.1) is 36.2 Å². The molecule has 0 bridgehead atoms. The predicted molar refractivity (Wildman–Crippen MR) is 143 cm³/mol. The monoisotopic (exact) mass is 507 g/mol. The third-order valence-corrected chi connectivity index (χ3v) is 6.29. The number of hydrogen-bond donors (Lipinski definition) is 0. The number of aliphatic imine (C=N–C) groups is 1. The lowest BCUT2D eigenvalue weighted by Gasteiger charge is -2.11. The summed E-state index contributed by atoms with van der Waals surface area (Å²) in [5.41, 5.74) is 7.19. The highest BCUT2D eigenvalue weighted by atomic mass is 35.5. The van der Waals surface area contributed by atoms with Crippen LogP contribution in [0, 0.1) is 20.8 Å². The van der Waals surface area contributed by atoms with Crippen molar-refractivity contribution in [1.29, 1.82) is 0 Å². The van der Waals surface area contributed by atoms with Gasteiger partial charge in [-0.05, 0) is 50.5 Å². The number of methoxy groups -OCH3 is 1. The molecule has 178 valence electrons. The summed E-state index contributed by atoms with van der Waals surface area (Å²) in [5.74, 6) is -0.350. The molecule has 1 aromatic heterocycles. The molecule has 33 heavy (non-hydrogen) atoms. The van der Waals surface area contributed by atoms with Gasteiger partial charge in [0.05, 0.1) is 29.8 Å². The Kier molecular flexibility index (Phi) is 11.0. The van der Waals surface area contributed by atoms with Crippen LogP contribution in [0.15, 0.2) is 41.4 Å². The lowest BCUT2D eigenvalue weighted by atomic mass is 10.0. The van der Waals surface area contributed by atoms with E-state index in [2.05, 4.69) is 37.9 Å². The molecule has 0 fully saturated rings. The molecule has 3 aromatic rings. The number of carbonyl (C=O) groups excluding carboxylic acids is 1. The second kappa shape index (κ2) is 12.7. The van der Waals surface area contributed by atoms with Crippen molar-refractivity contribution >= 4 is 54.1 Å². The number of hydrogen-bond acceptors (Lipinski definition) is 5. The molecule has 5 nitrogen and oxygen atoms in total. The fraction of sp³-hybridized carbons (Fsp3) is 0.320. The van der Waals surface area contributed by atoms with Gasteiger partial charge in [-0.2, -0.15) is 0 Å². The van der Waals surface area contributed by atoms with Crippen LogP contribution in [0.2, 0.25) is 0 Å². The van der Waals surface area contributed by atoms with Gasteiger partial charge in [0.25, 0.3) is 0 Å². The van der Waals surface area contributed by atoms with Crippen molar-refractivity contribution in [2.45, 2.75) is 34.1 Å². The van der Waals surface area contributed by atoms with E-state index in [1.807, 2.05) is 49.5 Å². The smallest absolute Gasteiger partial charge is 0.350 e. The van der Waals surface area contributed by atoms with Crippen molar-refractivity contribution in [3.05, 3.63) is 68.5 Å². The van der Waals surface area contributed by atoms with Crippen LogP contribution in [0.1, 0.15) is 43.9 Å². The first-order valence-corrected chi connectivity index (χ1v) is 11.1. The van der Waals surface area contributed by atoms with Crippen molar-refractivity contribution < 1.29 is 9.53 Å². The van der Waals surface area contributed by atoms with Crippen molar-refractivity contribution in [3.63, 3.8) is 0 Å².